The van der Waals surface area contributed by atoms with Crippen LogP contribution in [0.2, 0.25) is 0 Å². The summed E-state index contributed by atoms with van der Waals surface area (Å²) in [6.07, 6.45) is 1.58. The predicted molar refractivity (Wildman–Crippen MR) is 142 cm³/mol. The predicted octanol–water partition coefficient (Wildman–Crippen LogP) is 3.98. The van der Waals surface area contributed by atoms with Crippen LogP contribution < -0.4 is 14.9 Å². The normalized spacial score (nSPS) is 15.1. The Morgan fingerprint density at radius 2 is 1.85 bits per heavy atom. The van der Waals surface area contributed by atoms with E-state index >= 15 is 0 Å². The summed E-state index contributed by atoms with van der Waals surface area (Å²) < 4.78 is 31.6. The van der Waals surface area contributed by atoms with Crippen molar-refractivity contribution in [2.24, 2.45) is 4.99 Å². The number of aromatic nitrogens is 1. The highest BCUT2D eigenvalue weighted by Gasteiger charge is 2.33. The Morgan fingerprint density at radius 1 is 1.10 bits per heavy atom. The van der Waals surface area contributed by atoms with E-state index in [4.69, 9.17) is 13.9 Å². The topological polar surface area (TPSA) is 100 Å². The SMILES string of the molecule is CCOC(=O)C1=C(C)N=c2s/c(=C/c3ccc(-c4ccccc4C(=O)OC)o3)c(=O)n2[C@@H]1c1ccc(F)cc1. The zero-order valence-electron chi connectivity index (χ0n) is 21.3. The summed E-state index contributed by atoms with van der Waals surface area (Å²) in [5.41, 5.74) is 1.67. The average Bonchev–Trinajstić information content (AvgIpc) is 3.52. The van der Waals surface area contributed by atoms with Crippen LogP contribution in [-0.2, 0) is 14.3 Å². The lowest BCUT2D eigenvalue weighted by Gasteiger charge is -2.24. The van der Waals surface area contributed by atoms with E-state index in [9.17, 15) is 18.8 Å². The Bertz CT molecular complexity index is 1800. The number of methoxy groups -OCH3 is 1. The Hall–Kier alpha value is -4.57. The molecule has 39 heavy (non-hydrogen) atoms. The maximum absolute atomic E-state index is 13.7. The van der Waals surface area contributed by atoms with E-state index in [1.165, 1.54) is 35.9 Å². The maximum Gasteiger partial charge on any atom is 0.338 e. The molecule has 0 fully saturated rings. The van der Waals surface area contributed by atoms with Crippen molar-refractivity contribution in [1.29, 1.82) is 0 Å². The van der Waals surface area contributed by atoms with Gasteiger partial charge in [-0.15, -0.1) is 0 Å². The first-order chi connectivity index (χ1) is 18.8. The van der Waals surface area contributed by atoms with Crippen molar-refractivity contribution in [2.45, 2.75) is 19.9 Å². The highest BCUT2D eigenvalue weighted by molar-refractivity contribution is 7.07. The molecule has 0 saturated heterocycles. The molecule has 0 unspecified atom stereocenters. The number of nitrogens with zero attached hydrogens (tertiary/aromatic N) is 2. The summed E-state index contributed by atoms with van der Waals surface area (Å²) in [6, 6.07) is 15.1. The van der Waals surface area contributed by atoms with E-state index < -0.39 is 29.4 Å². The average molecular weight is 547 g/mol. The van der Waals surface area contributed by atoms with E-state index in [0.717, 1.165) is 11.3 Å². The van der Waals surface area contributed by atoms with Gasteiger partial charge in [-0.25, -0.2) is 19.0 Å². The van der Waals surface area contributed by atoms with Gasteiger partial charge in [0.05, 0.1) is 41.1 Å². The molecule has 1 atom stereocenters. The van der Waals surface area contributed by atoms with Gasteiger partial charge in [-0.3, -0.25) is 9.36 Å². The van der Waals surface area contributed by atoms with Gasteiger partial charge in [0.2, 0.25) is 0 Å². The van der Waals surface area contributed by atoms with E-state index in [1.807, 2.05) is 0 Å². The maximum atomic E-state index is 13.7. The molecule has 1 aliphatic heterocycles. The third kappa shape index (κ3) is 4.86. The van der Waals surface area contributed by atoms with Crippen molar-refractivity contribution in [3.05, 3.63) is 114 Å². The number of ether oxygens (including phenoxy) is 2. The number of rotatable bonds is 6. The van der Waals surface area contributed by atoms with Gasteiger partial charge in [0.1, 0.15) is 17.3 Å². The minimum absolute atomic E-state index is 0.149. The number of carbonyl (C=O) groups excluding carboxylic acids is 2. The fourth-order valence-electron chi connectivity index (χ4n) is 4.44. The second-order valence-corrected chi connectivity index (χ2v) is 9.60. The monoisotopic (exact) mass is 546 g/mol. The van der Waals surface area contributed by atoms with Gasteiger partial charge in [-0.05, 0) is 49.7 Å². The molecular weight excluding hydrogens is 523 g/mol. The molecule has 0 N–H and O–H groups in total. The summed E-state index contributed by atoms with van der Waals surface area (Å²) >= 11 is 1.14. The minimum Gasteiger partial charge on any atom is -0.465 e. The summed E-state index contributed by atoms with van der Waals surface area (Å²) in [5, 5.41) is 0. The quantitative estimate of drug-likeness (QED) is 0.339. The molecule has 0 spiro atoms. The number of thiazole rings is 1. The van der Waals surface area contributed by atoms with Crippen LogP contribution in [0.15, 0.2) is 86.1 Å². The number of allylic oxidation sites excluding steroid dienone is 1. The molecule has 2 aromatic carbocycles. The van der Waals surface area contributed by atoms with Gasteiger partial charge in [-0.2, -0.15) is 0 Å². The van der Waals surface area contributed by atoms with E-state index in [1.54, 1.807) is 56.3 Å². The van der Waals surface area contributed by atoms with Crippen LogP contribution >= 0.6 is 11.3 Å². The second kappa shape index (κ2) is 10.7. The zero-order valence-corrected chi connectivity index (χ0v) is 22.1. The van der Waals surface area contributed by atoms with Crippen LogP contribution in [0.5, 0.6) is 0 Å². The van der Waals surface area contributed by atoms with Gasteiger partial charge < -0.3 is 13.9 Å². The molecule has 0 aliphatic carbocycles. The molecule has 0 radical (unpaired) electrons. The van der Waals surface area contributed by atoms with Crippen molar-refractivity contribution in [1.82, 2.24) is 4.57 Å². The first-order valence-corrected chi connectivity index (χ1v) is 12.9. The minimum atomic E-state index is -0.845. The Balaban J connectivity index is 1.62. The lowest BCUT2D eigenvalue weighted by atomic mass is 9.96. The number of benzene rings is 2. The highest BCUT2D eigenvalue weighted by atomic mass is 32.1. The molecule has 5 rings (SSSR count). The van der Waals surface area contributed by atoms with Crippen molar-refractivity contribution in [2.75, 3.05) is 13.7 Å². The standard InChI is InChI=1S/C29H23FN2O6S/c1-4-37-28(35)24-16(2)31-29-32(25(24)17-9-11-18(30)12-10-17)26(33)23(39-29)15-19-13-14-22(38-19)20-7-5-6-8-21(20)27(34)36-3/h5-15,25H,4H2,1-3H3/b23-15+/t25-/m1/s1. The van der Waals surface area contributed by atoms with Gasteiger partial charge >= 0.3 is 11.9 Å². The van der Waals surface area contributed by atoms with Crippen molar-refractivity contribution < 1.29 is 27.9 Å². The largest absolute Gasteiger partial charge is 0.465 e. The molecule has 8 nitrogen and oxygen atoms in total. The number of esters is 2. The molecule has 4 aromatic rings. The summed E-state index contributed by atoms with van der Waals surface area (Å²) in [5.74, 6) is -0.714. The van der Waals surface area contributed by atoms with Gasteiger partial charge in [0, 0.05) is 11.6 Å². The number of halogens is 1. The molecule has 198 valence electrons. The first-order valence-electron chi connectivity index (χ1n) is 12.0. The van der Waals surface area contributed by atoms with Crippen LogP contribution in [0.25, 0.3) is 17.4 Å². The summed E-state index contributed by atoms with van der Waals surface area (Å²) in [6.45, 7) is 3.52. The molecule has 3 heterocycles. The Labute approximate surface area is 226 Å². The molecule has 2 aromatic heterocycles. The molecule has 0 bridgehead atoms. The summed E-state index contributed by atoms with van der Waals surface area (Å²) in [7, 11) is 1.31. The lowest BCUT2D eigenvalue weighted by Crippen LogP contribution is -2.39. The van der Waals surface area contributed by atoms with Crippen molar-refractivity contribution in [3.8, 4) is 11.3 Å². The second-order valence-electron chi connectivity index (χ2n) is 8.59. The molecule has 0 saturated carbocycles. The van der Waals surface area contributed by atoms with E-state index in [0.29, 0.717) is 43.2 Å². The fourth-order valence-corrected chi connectivity index (χ4v) is 5.47. The van der Waals surface area contributed by atoms with Crippen LogP contribution in [0.3, 0.4) is 0 Å². The van der Waals surface area contributed by atoms with Gasteiger partial charge in [0.25, 0.3) is 5.56 Å². The van der Waals surface area contributed by atoms with Crippen molar-refractivity contribution >= 4 is 29.4 Å². The smallest absolute Gasteiger partial charge is 0.338 e. The van der Waals surface area contributed by atoms with Gasteiger partial charge in [0.15, 0.2) is 4.80 Å². The van der Waals surface area contributed by atoms with Crippen LogP contribution in [-0.4, -0.2) is 30.2 Å². The molecule has 0 amide bonds. The van der Waals surface area contributed by atoms with Crippen LogP contribution in [0, 0.1) is 5.82 Å². The first kappa shape index (κ1) is 26.1. The van der Waals surface area contributed by atoms with Crippen molar-refractivity contribution in [3.63, 3.8) is 0 Å². The van der Waals surface area contributed by atoms with Crippen LogP contribution in [0.4, 0.5) is 4.39 Å². The lowest BCUT2D eigenvalue weighted by molar-refractivity contribution is -0.139. The van der Waals surface area contributed by atoms with Gasteiger partial charge in [-0.1, -0.05) is 41.7 Å². The zero-order chi connectivity index (χ0) is 27.7. The molecule has 10 heteroatoms. The number of fused-ring (bicyclic) bond motifs is 1. The number of carbonyl (C=O) groups is 2. The van der Waals surface area contributed by atoms with Crippen LogP contribution in [0.1, 0.15) is 41.6 Å². The summed E-state index contributed by atoms with van der Waals surface area (Å²) in [4.78, 5) is 43.7. The third-order valence-electron chi connectivity index (χ3n) is 6.20. The Kier molecular flexibility index (Phi) is 7.12. The van der Waals surface area contributed by atoms with E-state index in [-0.39, 0.29) is 12.2 Å². The Morgan fingerprint density at radius 3 is 2.56 bits per heavy atom. The number of hydrogen-bond donors (Lipinski definition) is 0. The molecule has 1 aliphatic rings. The van der Waals surface area contributed by atoms with E-state index in [2.05, 4.69) is 4.99 Å². The highest BCUT2D eigenvalue weighted by Crippen LogP contribution is 2.31. The number of furan rings is 1. The third-order valence-corrected chi connectivity index (χ3v) is 7.18. The fraction of sp³-hybridized carbons (Fsp3) is 0.172. The number of hydrogen-bond acceptors (Lipinski definition) is 8. The molecular formula is C29H23FN2O6S.